The maximum Gasteiger partial charge on any atom is 0.331 e. The van der Waals surface area contributed by atoms with Crippen LogP contribution in [0.3, 0.4) is 0 Å². The molecule has 3 aromatic carbocycles. The fourth-order valence-corrected chi connectivity index (χ4v) is 5.66. The Labute approximate surface area is 210 Å². The van der Waals surface area contributed by atoms with E-state index in [1.165, 1.54) is 12.0 Å². The van der Waals surface area contributed by atoms with Gasteiger partial charge >= 0.3 is 5.97 Å². The fourth-order valence-electron chi connectivity index (χ4n) is 5.66. The summed E-state index contributed by atoms with van der Waals surface area (Å²) in [5.41, 5.74) is 1.32. The van der Waals surface area contributed by atoms with Crippen LogP contribution in [0.15, 0.2) is 78.9 Å². The highest BCUT2D eigenvalue weighted by molar-refractivity contribution is 6.24. The van der Waals surface area contributed by atoms with Gasteiger partial charge in [-0.05, 0) is 54.8 Å². The zero-order chi connectivity index (χ0) is 25.4. The Morgan fingerprint density at radius 3 is 2.25 bits per heavy atom. The monoisotopic (exact) mass is 484 g/mol. The molecule has 1 N–H and O–H groups in total. The van der Waals surface area contributed by atoms with Crippen molar-refractivity contribution >= 4 is 23.5 Å². The van der Waals surface area contributed by atoms with Crippen molar-refractivity contribution in [3.63, 3.8) is 0 Å². The molecule has 0 radical (unpaired) electrons. The van der Waals surface area contributed by atoms with Crippen LogP contribution in [0.2, 0.25) is 0 Å². The fraction of sp³-hybridized carbons (Fsp3) is 0.276. The van der Waals surface area contributed by atoms with Gasteiger partial charge in [0, 0.05) is 6.04 Å². The summed E-state index contributed by atoms with van der Waals surface area (Å²) < 4.78 is 10.8. The molecule has 0 aliphatic carbocycles. The Kier molecular flexibility index (Phi) is 6.10. The molecule has 7 nitrogen and oxygen atoms in total. The van der Waals surface area contributed by atoms with Gasteiger partial charge in [0.15, 0.2) is 5.54 Å². The van der Waals surface area contributed by atoms with Crippen molar-refractivity contribution in [3.05, 3.63) is 95.6 Å². The number of amides is 2. The average molecular weight is 485 g/mol. The lowest BCUT2D eigenvalue weighted by Crippen LogP contribution is -2.53. The molecule has 0 bridgehead atoms. The third-order valence-corrected chi connectivity index (χ3v) is 7.23. The smallest absolute Gasteiger partial charge is 0.331 e. The van der Waals surface area contributed by atoms with Crippen LogP contribution in [0.1, 0.15) is 29.7 Å². The number of methoxy groups -OCH3 is 1. The molecule has 0 unspecified atom stereocenters. The molecule has 3 aromatic rings. The van der Waals surface area contributed by atoms with Crippen molar-refractivity contribution in [1.29, 1.82) is 0 Å². The predicted octanol–water partition coefficient (Wildman–Crippen LogP) is 3.91. The Morgan fingerprint density at radius 1 is 0.944 bits per heavy atom. The van der Waals surface area contributed by atoms with Gasteiger partial charge in [-0.1, -0.05) is 54.6 Å². The topological polar surface area (TPSA) is 84.9 Å². The van der Waals surface area contributed by atoms with Gasteiger partial charge in [-0.25, -0.2) is 9.69 Å². The van der Waals surface area contributed by atoms with E-state index >= 15 is 0 Å². The number of hydrogen-bond acceptors (Lipinski definition) is 6. The summed E-state index contributed by atoms with van der Waals surface area (Å²) in [6.07, 6.45) is 0. The van der Waals surface area contributed by atoms with E-state index in [0.29, 0.717) is 23.6 Å². The molecule has 36 heavy (non-hydrogen) atoms. The lowest BCUT2D eigenvalue weighted by Gasteiger charge is -2.33. The Bertz CT molecular complexity index is 1310. The Balaban J connectivity index is 1.69. The maximum absolute atomic E-state index is 14.1. The van der Waals surface area contributed by atoms with Gasteiger partial charge in [-0.3, -0.25) is 14.9 Å². The van der Waals surface area contributed by atoms with Crippen LogP contribution in [0.5, 0.6) is 5.75 Å². The number of nitrogens with zero attached hydrogens (tertiary/aromatic N) is 1. The van der Waals surface area contributed by atoms with Crippen molar-refractivity contribution in [2.45, 2.75) is 25.4 Å². The molecule has 2 amide bonds. The number of rotatable bonds is 6. The summed E-state index contributed by atoms with van der Waals surface area (Å²) in [6.45, 7) is 4.35. The minimum absolute atomic E-state index is 0.350. The summed E-state index contributed by atoms with van der Waals surface area (Å²) in [6, 6.07) is 23.0. The zero-order valence-electron chi connectivity index (χ0n) is 20.4. The number of carbonyl (C=O) groups excluding carboxylic acids is 3. The molecular formula is C29H28N2O5. The van der Waals surface area contributed by atoms with E-state index < -0.39 is 35.3 Å². The number of hydrogen-bond donors (Lipinski definition) is 1. The van der Waals surface area contributed by atoms with Gasteiger partial charge in [0.1, 0.15) is 5.75 Å². The van der Waals surface area contributed by atoms with E-state index in [-0.39, 0.29) is 5.91 Å². The van der Waals surface area contributed by atoms with Crippen molar-refractivity contribution in [2.75, 3.05) is 18.6 Å². The van der Waals surface area contributed by atoms with Crippen LogP contribution >= 0.6 is 0 Å². The molecular weight excluding hydrogens is 456 g/mol. The normalized spacial score (nSPS) is 25.1. The SMILES string of the molecule is CCOc1ccc(N2C(=O)[C@H]3[C@@H](c4ccccc4C)N[C@](C(=O)OC)(c4ccccc4)[C@@H]3C2=O)cc1. The van der Waals surface area contributed by atoms with Gasteiger partial charge in [0.25, 0.3) is 0 Å². The van der Waals surface area contributed by atoms with Gasteiger partial charge in [0.2, 0.25) is 11.8 Å². The molecule has 4 atom stereocenters. The predicted molar refractivity (Wildman–Crippen MR) is 134 cm³/mol. The van der Waals surface area contributed by atoms with Crippen LogP contribution in [-0.2, 0) is 24.7 Å². The van der Waals surface area contributed by atoms with E-state index in [4.69, 9.17) is 9.47 Å². The first-order valence-corrected chi connectivity index (χ1v) is 12.0. The first-order chi connectivity index (χ1) is 17.4. The van der Waals surface area contributed by atoms with E-state index in [2.05, 4.69) is 5.32 Å². The van der Waals surface area contributed by atoms with E-state index in [1.807, 2.05) is 56.3 Å². The van der Waals surface area contributed by atoms with E-state index in [9.17, 15) is 14.4 Å². The average Bonchev–Trinajstić information content (AvgIpc) is 3.39. The highest BCUT2D eigenvalue weighted by Gasteiger charge is 2.69. The van der Waals surface area contributed by atoms with Gasteiger partial charge < -0.3 is 9.47 Å². The van der Waals surface area contributed by atoms with Gasteiger partial charge in [-0.2, -0.15) is 0 Å². The highest BCUT2D eigenvalue weighted by atomic mass is 16.5. The number of imide groups is 1. The maximum atomic E-state index is 14.1. The quantitative estimate of drug-likeness (QED) is 0.422. The first kappa shape index (κ1) is 23.8. The molecule has 2 fully saturated rings. The molecule has 0 aromatic heterocycles. The molecule has 0 saturated carbocycles. The molecule has 2 saturated heterocycles. The molecule has 2 aliphatic heterocycles. The number of nitrogens with one attached hydrogen (secondary N) is 1. The molecule has 2 heterocycles. The number of carbonyl (C=O) groups is 3. The van der Waals surface area contributed by atoms with Crippen LogP contribution in [-0.4, -0.2) is 31.5 Å². The molecule has 7 heteroatoms. The second kappa shape index (κ2) is 9.24. The Hall–Kier alpha value is -3.97. The summed E-state index contributed by atoms with van der Waals surface area (Å²) >= 11 is 0. The summed E-state index contributed by atoms with van der Waals surface area (Å²) in [7, 11) is 1.30. The van der Waals surface area contributed by atoms with Crippen molar-refractivity contribution < 1.29 is 23.9 Å². The number of fused-ring (bicyclic) bond motifs is 1. The highest BCUT2D eigenvalue weighted by Crippen LogP contribution is 2.54. The summed E-state index contributed by atoms with van der Waals surface area (Å²) in [5, 5.41) is 3.43. The van der Waals surface area contributed by atoms with Crippen LogP contribution < -0.4 is 15.0 Å². The summed E-state index contributed by atoms with van der Waals surface area (Å²) in [4.78, 5) is 42.9. The van der Waals surface area contributed by atoms with Crippen LogP contribution in [0.25, 0.3) is 0 Å². The number of esters is 1. The third-order valence-electron chi connectivity index (χ3n) is 7.23. The third kappa shape index (κ3) is 3.50. The molecule has 5 rings (SSSR count). The lowest BCUT2D eigenvalue weighted by molar-refractivity contribution is -0.152. The largest absolute Gasteiger partial charge is 0.494 e. The van der Waals surface area contributed by atoms with E-state index in [0.717, 1.165) is 11.1 Å². The van der Waals surface area contributed by atoms with Crippen LogP contribution in [0, 0.1) is 18.8 Å². The number of anilines is 1. The minimum Gasteiger partial charge on any atom is -0.494 e. The molecule has 184 valence electrons. The lowest BCUT2D eigenvalue weighted by atomic mass is 9.75. The van der Waals surface area contributed by atoms with Gasteiger partial charge in [-0.15, -0.1) is 0 Å². The zero-order valence-corrected chi connectivity index (χ0v) is 20.4. The second-order valence-electron chi connectivity index (χ2n) is 9.09. The molecule has 2 aliphatic rings. The Morgan fingerprint density at radius 2 is 1.61 bits per heavy atom. The number of aryl methyl sites for hydroxylation is 1. The van der Waals surface area contributed by atoms with Crippen molar-refractivity contribution in [3.8, 4) is 5.75 Å². The standard InChI is InChI=1S/C29H28N2O5/c1-4-36-21-16-14-20(15-17-21)31-26(32)23-24(27(31)33)29(28(34)35-3,19-11-6-5-7-12-19)30-25(23)22-13-9-8-10-18(22)2/h5-17,23-25,30H,4H2,1-3H3/t23-,24+,25-,29-/m1/s1. The van der Waals surface area contributed by atoms with Crippen molar-refractivity contribution in [1.82, 2.24) is 5.32 Å². The van der Waals surface area contributed by atoms with Crippen LogP contribution in [0.4, 0.5) is 5.69 Å². The van der Waals surface area contributed by atoms with Crippen molar-refractivity contribution in [2.24, 2.45) is 11.8 Å². The van der Waals surface area contributed by atoms with Gasteiger partial charge in [0.05, 0.1) is 31.2 Å². The minimum atomic E-state index is -1.53. The first-order valence-electron chi connectivity index (χ1n) is 12.0. The number of ether oxygens (including phenoxy) is 2. The molecule has 0 spiro atoms. The summed E-state index contributed by atoms with van der Waals surface area (Å²) in [5.74, 6) is -2.54. The van der Waals surface area contributed by atoms with E-state index in [1.54, 1.807) is 36.4 Å². The second-order valence-corrected chi connectivity index (χ2v) is 9.09. The number of benzene rings is 3.